The molecule has 7 nitrogen and oxygen atoms in total. The largest absolute Gasteiger partial charge is 0.351 e. The molecule has 2 amide bonds. The van der Waals surface area contributed by atoms with Crippen LogP contribution in [0.25, 0.3) is 0 Å². The van der Waals surface area contributed by atoms with Gasteiger partial charge >= 0.3 is 0 Å². The summed E-state index contributed by atoms with van der Waals surface area (Å²) in [5.41, 5.74) is 2.28. The molecule has 0 spiro atoms. The van der Waals surface area contributed by atoms with Crippen LogP contribution >= 0.6 is 11.6 Å². The predicted molar refractivity (Wildman–Crippen MR) is 116 cm³/mol. The molecule has 1 atom stereocenters. The fraction of sp³-hybridized carbons (Fsp3) is 0.333. The first kappa shape index (κ1) is 22.3. The first-order valence-electron chi connectivity index (χ1n) is 9.50. The highest BCUT2D eigenvalue weighted by Crippen LogP contribution is 2.34. The highest BCUT2D eigenvalue weighted by Gasteiger charge is 2.31. The summed E-state index contributed by atoms with van der Waals surface area (Å²) < 4.78 is 26.9. The van der Waals surface area contributed by atoms with E-state index in [4.69, 9.17) is 11.6 Å². The highest BCUT2D eigenvalue weighted by molar-refractivity contribution is 7.89. The summed E-state index contributed by atoms with van der Waals surface area (Å²) in [4.78, 5) is 25.9. The smallest absolute Gasteiger partial charge is 0.243 e. The Hall–Kier alpha value is -2.42. The van der Waals surface area contributed by atoms with Crippen molar-refractivity contribution in [2.75, 3.05) is 18.5 Å². The van der Waals surface area contributed by atoms with Gasteiger partial charge in [-0.25, -0.2) is 8.42 Å². The summed E-state index contributed by atoms with van der Waals surface area (Å²) in [7, 11) is -2.50. The van der Waals surface area contributed by atoms with E-state index in [1.807, 2.05) is 13.0 Å². The molecule has 30 heavy (non-hydrogen) atoms. The summed E-state index contributed by atoms with van der Waals surface area (Å²) in [5.74, 6) is -0.511. The molecule has 1 aliphatic heterocycles. The Bertz CT molecular complexity index is 1090. The number of amides is 2. The zero-order valence-electron chi connectivity index (χ0n) is 17.1. The van der Waals surface area contributed by atoms with E-state index in [0.29, 0.717) is 11.4 Å². The maximum atomic E-state index is 12.9. The number of anilines is 1. The third kappa shape index (κ3) is 4.50. The van der Waals surface area contributed by atoms with Gasteiger partial charge in [-0.1, -0.05) is 29.8 Å². The lowest BCUT2D eigenvalue weighted by molar-refractivity contribution is -0.121. The van der Waals surface area contributed by atoms with Crippen LogP contribution in [0.1, 0.15) is 25.0 Å². The molecule has 0 aliphatic carbocycles. The van der Waals surface area contributed by atoms with Crippen LogP contribution in [0.4, 0.5) is 5.69 Å². The van der Waals surface area contributed by atoms with Gasteiger partial charge in [0.15, 0.2) is 0 Å². The Morgan fingerprint density at radius 3 is 2.60 bits per heavy atom. The lowest BCUT2D eigenvalue weighted by Crippen LogP contribution is -2.38. The van der Waals surface area contributed by atoms with E-state index in [9.17, 15) is 18.0 Å². The minimum Gasteiger partial charge on any atom is -0.351 e. The average Bonchev–Trinajstić information content (AvgIpc) is 3.02. The van der Waals surface area contributed by atoms with Gasteiger partial charge in [-0.2, -0.15) is 4.31 Å². The third-order valence-electron chi connectivity index (χ3n) is 5.11. The molecule has 0 saturated carbocycles. The molecule has 9 heteroatoms. The van der Waals surface area contributed by atoms with Crippen molar-refractivity contribution in [1.82, 2.24) is 9.62 Å². The zero-order valence-corrected chi connectivity index (χ0v) is 18.6. The minimum atomic E-state index is -3.86. The van der Waals surface area contributed by atoms with Crippen LogP contribution in [-0.4, -0.2) is 44.2 Å². The normalized spacial score (nSPS) is 15.9. The van der Waals surface area contributed by atoms with Gasteiger partial charge in [0.2, 0.25) is 21.8 Å². The number of nitrogens with zero attached hydrogens (tertiary/aromatic N) is 2. The van der Waals surface area contributed by atoms with Crippen molar-refractivity contribution < 1.29 is 18.0 Å². The maximum Gasteiger partial charge on any atom is 0.243 e. The minimum absolute atomic E-state index is 0.0243. The first-order chi connectivity index (χ1) is 14.1. The second kappa shape index (κ2) is 8.75. The first-order valence-corrected chi connectivity index (χ1v) is 11.3. The molecular weight excluding hydrogens is 426 g/mol. The number of hydrogen-bond donors (Lipinski definition) is 1. The molecule has 0 fully saturated rings. The maximum absolute atomic E-state index is 12.9. The van der Waals surface area contributed by atoms with Crippen LogP contribution in [0, 0.1) is 0 Å². The molecule has 0 unspecified atom stereocenters. The molecular formula is C21H24ClN3O4S. The second-order valence-electron chi connectivity index (χ2n) is 7.36. The average molecular weight is 450 g/mol. The molecule has 2 aromatic rings. The summed E-state index contributed by atoms with van der Waals surface area (Å²) in [6, 6.07) is 11.8. The van der Waals surface area contributed by atoms with Crippen LogP contribution in [0.5, 0.6) is 0 Å². The van der Waals surface area contributed by atoms with E-state index in [1.54, 1.807) is 35.2 Å². The van der Waals surface area contributed by atoms with Crippen LogP contribution in [-0.2, 0) is 32.6 Å². The fourth-order valence-corrected chi connectivity index (χ4v) is 4.99. The number of benzene rings is 2. The summed E-state index contributed by atoms with van der Waals surface area (Å²) >= 11 is 6.07. The summed E-state index contributed by atoms with van der Waals surface area (Å²) in [6.45, 7) is 3.31. The molecule has 3 rings (SSSR count). The van der Waals surface area contributed by atoms with Gasteiger partial charge < -0.3 is 10.2 Å². The molecule has 0 bridgehead atoms. The van der Waals surface area contributed by atoms with Gasteiger partial charge in [0.25, 0.3) is 0 Å². The zero-order chi connectivity index (χ0) is 22.1. The molecule has 160 valence electrons. The lowest BCUT2D eigenvalue weighted by atomic mass is 10.1. The van der Waals surface area contributed by atoms with Crippen molar-refractivity contribution in [2.24, 2.45) is 0 Å². The number of rotatable bonds is 6. The van der Waals surface area contributed by atoms with E-state index in [1.165, 1.54) is 20.0 Å². The van der Waals surface area contributed by atoms with E-state index in [-0.39, 0.29) is 29.9 Å². The van der Waals surface area contributed by atoms with Crippen LogP contribution in [0.15, 0.2) is 47.4 Å². The molecule has 1 heterocycles. The number of halogens is 1. The van der Waals surface area contributed by atoms with E-state index < -0.39 is 15.9 Å². The number of hydrogen-bond acceptors (Lipinski definition) is 4. The number of carbonyl (C=O) groups excluding carboxylic acids is 2. The van der Waals surface area contributed by atoms with Gasteiger partial charge in [0.1, 0.15) is 0 Å². The van der Waals surface area contributed by atoms with Crippen molar-refractivity contribution in [1.29, 1.82) is 0 Å². The summed E-state index contributed by atoms with van der Waals surface area (Å²) in [5, 5.41) is 3.22. The standard InChI is InChI=1S/C21H24ClN3O4S/c1-14-10-17-11-18(8-9-20(17)25(14)15(2)26)30(28,29)24(3)13-21(27)23-12-16-6-4-5-7-19(16)22/h4-9,11,14H,10,12-13H2,1-3H3,(H,23,27)/t14-/m0/s1. The molecule has 1 N–H and O–H groups in total. The fourth-order valence-electron chi connectivity index (χ4n) is 3.61. The number of fused-ring (bicyclic) bond motifs is 1. The SMILES string of the molecule is CC(=O)N1c2ccc(S(=O)(=O)N(C)CC(=O)NCc3ccccc3Cl)cc2C[C@@H]1C. The van der Waals surface area contributed by atoms with Gasteiger partial charge in [-0.05, 0) is 48.7 Å². The van der Waals surface area contributed by atoms with Crippen LogP contribution < -0.4 is 10.2 Å². The highest BCUT2D eigenvalue weighted by atomic mass is 35.5. The Kier molecular flexibility index (Phi) is 6.50. The number of nitrogens with one attached hydrogen (secondary N) is 1. The number of carbonyl (C=O) groups is 2. The van der Waals surface area contributed by atoms with Crippen molar-refractivity contribution in [2.45, 2.75) is 37.8 Å². The van der Waals surface area contributed by atoms with Crippen molar-refractivity contribution in [3.8, 4) is 0 Å². The molecule has 0 aromatic heterocycles. The van der Waals surface area contributed by atoms with Gasteiger partial charge in [0, 0.05) is 37.3 Å². The third-order valence-corrected chi connectivity index (χ3v) is 7.28. The Balaban J connectivity index is 1.69. The Morgan fingerprint density at radius 1 is 1.23 bits per heavy atom. The van der Waals surface area contributed by atoms with Gasteiger partial charge in [-0.15, -0.1) is 0 Å². The number of likely N-dealkylation sites (N-methyl/N-ethyl adjacent to an activating group) is 1. The molecule has 2 aromatic carbocycles. The molecule has 1 aliphatic rings. The monoisotopic (exact) mass is 449 g/mol. The van der Waals surface area contributed by atoms with Gasteiger partial charge in [0.05, 0.1) is 11.4 Å². The predicted octanol–water partition coefficient (Wildman–Crippen LogP) is 2.57. The van der Waals surface area contributed by atoms with Crippen molar-refractivity contribution in [3.05, 3.63) is 58.6 Å². The van der Waals surface area contributed by atoms with Gasteiger partial charge in [-0.3, -0.25) is 9.59 Å². The Morgan fingerprint density at radius 2 is 1.93 bits per heavy atom. The van der Waals surface area contributed by atoms with E-state index in [2.05, 4.69) is 5.32 Å². The Labute approximate surface area is 181 Å². The van der Waals surface area contributed by atoms with E-state index in [0.717, 1.165) is 21.1 Å². The van der Waals surface area contributed by atoms with Crippen molar-refractivity contribution >= 4 is 39.1 Å². The summed E-state index contributed by atoms with van der Waals surface area (Å²) in [6.07, 6.45) is 0.584. The topological polar surface area (TPSA) is 86.8 Å². The van der Waals surface area contributed by atoms with Crippen LogP contribution in [0.3, 0.4) is 0 Å². The second-order valence-corrected chi connectivity index (χ2v) is 9.81. The van der Waals surface area contributed by atoms with Crippen molar-refractivity contribution in [3.63, 3.8) is 0 Å². The lowest BCUT2D eigenvalue weighted by Gasteiger charge is -2.21. The van der Waals surface area contributed by atoms with Crippen LogP contribution in [0.2, 0.25) is 5.02 Å². The molecule has 0 saturated heterocycles. The number of sulfonamides is 1. The van der Waals surface area contributed by atoms with E-state index >= 15 is 0 Å². The molecule has 0 radical (unpaired) electrons. The quantitative estimate of drug-likeness (QED) is 0.734.